The van der Waals surface area contributed by atoms with Gasteiger partial charge in [0.25, 0.3) is 15.8 Å². The van der Waals surface area contributed by atoms with E-state index in [0.29, 0.717) is 6.61 Å². The summed E-state index contributed by atoms with van der Waals surface area (Å²) < 4.78 is 33.6. The van der Waals surface area contributed by atoms with E-state index in [0.717, 1.165) is 0 Å². The highest BCUT2D eigenvalue weighted by molar-refractivity contribution is 7.86. The lowest BCUT2D eigenvalue weighted by molar-refractivity contribution is -0.385. The van der Waals surface area contributed by atoms with Crippen molar-refractivity contribution in [1.82, 2.24) is 0 Å². The van der Waals surface area contributed by atoms with Crippen molar-refractivity contribution < 1.29 is 22.3 Å². The molecule has 1 atom stereocenters. The Morgan fingerprint density at radius 3 is 2.74 bits per heavy atom. The summed E-state index contributed by atoms with van der Waals surface area (Å²) in [5.74, 6) is 0. The summed E-state index contributed by atoms with van der Waals surface area (Å²) in [5, 5.41) is 11.0. The van der Waals surface area contributed by atoms with Crippen LogP contribution in [0.15, 0.2) is 23.1 Å². The minimum atomic E-state index is -3.97. The van der Waals surface area contributed by atoms with E-state index in [4.69, 9.17) is 8.92 Å². The fraction of sp³-hybridized carbons (Fsp3) is 0.455. The second-order valence-corrected chi connectivity index (χ2v) is 5.61. The number of nitro benzene ring substituents is 1. The monoisotopic (exact) mass is 287 g/mol. The van der Waals surface area contributed by atoms with Crippen LogP contribution in [0, 0.1) is 10.1 Å². The van der Waals surface area contributed by atoms with Crippen molar-refractivity contribution >= 4 is 15.8 Å². The van der Waals surface area contributed by atoms with Gasteiger partial charge in [-0.05, 0) is 13.0 Å². The molecule has 1 unspecified atom stereocenters. The number of hydrogen-bond acceptors (Lipinski definition) is 6. The van der Waals surface area contributed by atoms with Crippen LogP contribution in [0.25, 0.3) is 0 Å². The Balaban J connectivity index is 2.52. The largest absolute Gasteiger partial charge is 0.373 e. The minimum Gasteiger partial charge on any atom is -0.373 e. The number of hydrogen-bond donors (Lipinski definition) is 0. The van der Waals surface area contributed by atoms with Gasteiger partial charge in [0.05, 0.1) is 29.8 Å². The summed E-state index contributed by atoms with van der Waals surface area (Å²) in [6.07, 6.45) is 0.0374. The van der Waals surface area contributed by atoms with Crippen LogP contribution in [-0.4, -0.2) is 32.7 Å². The van der Waals surface area contributed by atoms with Gasteiger partial charge in [0, 0.05) is 12.5 Å². The van der Waals surface area contributed by atoms with Crippen molar-refractivity contribution in [3.8, 4) is 0 Å². The molecule has 104 valence electrons. The SMILES string of the molecule is CCOS(=O)(=O)c1cccc([N+](=O)[O-])c1CC1CO1. The molecule has 1 aromatic carbocycles. The molecule has 0 bridgehead atoms. The predicted molar refractivity (Wildman–Crippen MR) is 65.4 cm³/mol. The van der Waals surface area contributed by atoms with E-state index in [1.54, 1.807) is 6.92 Å². The van der Waals surface area contributed by atoms with Gasteiger partial charge in [-0.25, -0.2) is 0 Å². The van der Waals surface area contributed by atoms with E-state index < -0.39 is 15.0 Å². The van der Waals surface area contributed by atoms with Crippen LogP contribution in [0.3, 0.4) is 0 Å². The molecule has 1 saturated heterocycles. The first-order valence-electron chi connectivity index (χ1n) is 5.73. The molecular weight excluding hydrogens is 274 g/mol. The van der Waals surface area contributed by atoms with E-state index in [9.17, 15) is 18.5 Å². The van der Waals surface area contributed by atoms with Gasteiger partial charge >= 0.3 is 0 Å². The van der Waals surface area contributed by atoms with Crippen molar-refractivity contribution in [1.29, 1.82) is 0 Å². The Kier molecular flexibility index (Phi) is 3.83. The van der Waals surface area contributed by atoms with Crippen LogP contribution < -0.4 is 0 Å². The fourth-order valence-electron chi connectivity index (χ4n) is 1.80. The number of benzene rings is 1. The molecule has 0 radical (unpaired) electrons. The molecule has 7 nitrogen and oxygen atoms in total. The molecule has 0 N–H and O–H groups in total. The number of ether oxygens (including phenoxy) is 1. The average molecular weight is 287 g/mol. The topological polar surface area (TPSA) is 99.0 Å². The molecule has 1 aliphatic heterocycles. The van der Waals surface area contributed by atoms with Crippen molar-refractivity contribution in [2.75, 3.05) is 13.2 Å². The van der Waals surface area contributed by atoms with Crippen LogP contribution in [0.1, 0.15) is 12.5 Å². The highest BCUT2D eigenvalue weighted by atomic mass is 32.2. The van der Waals surface area contributed by atoms with E-state index in [2.05, 4.69) is 0 Å². The smallest absolute Gasteiger partial charge is 0.297 e. The quantitative estimate of drug-likeness (QED) is 0.338. The Hall–Kier alpha value is -1.51. The number of rotatable bonds is 6. The van der Waals surface area contributed by atoms with Gasteiger partial charge in [-0.3, -0.25) is 14.3 Å². The molecule has 8 heteroatoms. The van der Waals surface area contributed by atoms with Crippen molar-refractivity contribution in [2.24, 2.45) is 0 Å². The molecular formula is C11H13NO6S. The number of epoxide rings is 1. The second kappa shape index (κ2) is 5.24. The molecule has 2 rings (SSSR count). The maximum absolute atomic E-state index is 11.9. The zero-order chi connectivity index (χ0) is 14.0. The minimum absolute atomic E-state index is 0.0234. The van der Waals surface area contributed by atoms with Gasteiger partial charge in [-0.1, -0.05) is 6.07 Å². The summed E-state index contributed by atoms with van der Waals surface area (Å²) in [4.78, 5) is 10.2. The molecule has 1 aliphatic rings. The highest BCUT2D eigenvalue weighted by Crippen LogP contribution is 2.31. The third kappa shape index (κ3) is 3.09. The van der Waals surface area contributed by atoms with E-state index in [-0.39, 0.29) is 35.3 Å². The van der Waals surface area contributed by atoms with Crippen LogP contribution in [0.2, 0.25) is 0 Å². The zero-order valence-electron chi connectivity index (χ0n) is 10.2. The highest BCUT2D eigenvalue weighted by Gasteiger charge is 2.32. The third-order valence-corrected chi connectivity index (χ3v) is 4.15. The predicted octanol–water partition coefficient (Wildman–Crippen LogP) is 1.26. The Morgan fingerprint density at radius 2 is 2.21 bits per heavy atom. The first-order valence-corrected chi connectivity index (χ1v) is 7.14. The molecule has 0 aromatic heterocycles. The Morgan fingerprint density at radius 1 is 1.53 bits per heavy atom. The van der Waals surface area contributed by atoms with Crippen LogP contribution in [0.4, 0.5) is 5.69 Å². The summed E-state index contributed by atoms with van der Waals surface area (Å²) in [7, 11) is -3.97. The molecule has 0 saturated carbocycles. The second-order valence-electron chi connectivity index (χ2n) is 4.03. The summed E-state index contributed by atoms with van der Waals surface area (Å²) in [6, 6.07) is 3.93. The van der Waals surface area contributed by atoms with Gasteiger partial charge in [-0.2, -0.15) is 8.42 Å². The maximum Gasteiger partial charge on any atom is 0.297 e. The van der Waals surface area contributed by atoms with E-state index >= 15 is 0 Å². The van der Waals surface area contributed by atoms with Gasteiger partial charge in [0.2, 0.25) is 0 Å². The number of nitro groups is 1. The van der Waals surface area contributed by atoms with Crippen molar-refractivity contribution in [3.63, 3.8) is 0 Å². The summed E-state index contributed by atoms with van der Waals surface area (Å²) >= 11 is 0. The lowest BCUT2D eigenvalue weighted by Crippen LogP contribution is -2.12. The summed E-state index contributed by atoms with van der Waals surface area (Å²) in [5.41, 5.74) is -0.0836. The fourth-order valence-corrected chi connectivity index (χ4v) is 2.97. The van der Waals surface area contributed by atoms with Gasteiger partial charge < -0.3 is 4.74 Å². The van der Waals surface area contributed by atoms with Crippen molar-refractivity contribution in [2.45, 2.75) is 24.3 Å². The first-order chi connectivity index (χ1) is 8.95. The molecule has 0 spiro atoms. The van der Waals surface area contributed by atoms with E-state index in [1.165, 1.54) is 18.2 Å². The van der Waals surface area contributed by atoms with Gasteiger partial charge in [0.1, 0.15) is 4.90 Å². The number of nitrogens with zero attached hydrogens (tertiary/aromatic N) is 1. The third-order valence-electron chi connectivity index (χ3n) is 2.68. The lowest BCUT2D eigenvalue weighted by atomic mass is 10.1. The summed E-state index contributed by atoms with van der Waals surface area (Å²) in [6.45, 7) is 2.00. The molecule has 0 aliphatic carbocycles. The molecule has 1 heterocycles. The van der Waals surface area contributed by atoms with Gasteiger partial charge in [-0.15, -0.1) is 0 Å². The van der Waals surface area contributed by atoms with Crippen LogP contribution in [-0.2, 0) is 25.5 Å². The molecule has 19 heavy (non-hydrogen) atoms. The molecule has 1 aromatic rings. The standard InChI is InChI=1S/C11H13NO6S/c1-2-18-19(15,16)11-5-3-4-10(12(13)14)9(11)6-8-7-17-8/h3-5,8H,2,6-7H2,1H3. The molecule has 1 fully saturated rings. The molecule has 0 amide bonds. The Bertz CT molecular complexity index is 593. The zero-order valence-corrected chi connectivity index (χ0v) is 11.1. The van der Waals surface area contributed by atoms with Crippen LogP contribution >= 0.6 is 0 Å². The van der Waals surface area contributed by atoms with Crippen LogP contribution in [0.5, 0.6) is 0 Å². The first kappa shape index (κ1) is 13.9. The van der Waals surface area contributed by atoms with Gasteiger partial charge in [0.15, 0.2) is 0 Å². The van der Waals surface area contributed by atoms with E-state index in [1.807, 2.05) is 0 Å². The normalized spacial score (nSPS) is 18.3. The lowest BCUT2D eigenvalue weighted by Gasteiger charge is -2.09. The van der Waals surface area contributed by atoms with Crippen molar-refractivity contribution in [3.05, 3.63) is 33.9 Å². The average Bonchev–Trinajstić information content (AvgIpc) is 3.12. The maximum atomic E-state index is 11.9. The Labute approximate surface area is 110 Å².